The molecule has 68 valence electrons. The van der Waals surface area contributed by atoms with Gasteiger partial charge < -0.3 is 15.7 Å². The Morgan fingerprint density at radius 2 is 1.77 bits per heavy atom. The Labute approximate surface area is 70.4 Å². The predicted molar refractivity (Wildman–Crippen MR) is 43.2 cm³/mol. The number of hydrogen-bond acceptors (Lipinski definition) is 2. The molecule has 13 heavy (non-hydrogen) atoms. The summed E-state index contributed by atoms with van der Waals surface area (Å²) in [6.45, 7) is 0. The molecule has 4 nitrogen and oxygen atoms in total. The lowest BCUT2D eigenvalue weighted by Gasteiger charge is -1.97. The number of fused-ring (bicyclic) bond motifs is 1. The molecule has 0 unspecified atom stereocenters. The maximum absolute atomic E-state index is 13.0. The van der Waals surface area contributed by atoms with Crippen LogP contribution in [0.3, 0.4) is 0 Å². The zero-order chi connectivity index (χ0) is 9.59. The predicted octanol–water partition coefficient (Wildman–Crippen LogP) is 0.717. The van der Waals surface area contributed by atoms with Crippen molar-refractivity contribution in [2.75, 3.05) is 5.73 Å². The molecule has 1 aromatic carbocycles. The molecule has 0 saturated carbocycles. The van der Waals surface area contributed by atoms with Gasteiger partial charge in [0, 0.05) is 6.07 Å². The Kier molecular flexibility index (Phi) is 1.39. The average Bonchev–Trinajstić information content (AvgIpc) is 2.44. The van der Waals surface area contributed by atoms with Crippen LogP contribution in [0.1, 0.15) is 0 Å². The van der Waals surface area contributed by atoms with E-state index in [0.29, 0.717) is 6.07 Å². The molecule has 0 aliphatic heterocycles. The molecule has 0 radical (unpaired) electrons. The molecule has 4 N–H and O–H groups in total. The number of aromatic amines is 2. The Morgan fingerprint density at radius 1 is 1.15 bits per heavy atom. The first-order chi connectivity index (χ1) is 6.09. The fourth-order valence-corrected chi connectivity index (χ4v) is 1.15. The van der Waals surface area contributed by atoms with Crippen molar-refractivity contribution in [2.45, 2.75) is 0 Å². The highest BCUT2D eigenvalue weighted by molar-refractivity contribution is 5.87. The zero-order valence-electron chi connectivity index (χ0n) is 6.32. The second-order valence-corrected chi connectivity index (χ2v) is 2.58. The number of nitrogen functional groups attached to an aromatic ring is 1. The number of imidazole rings is 1. The third kappa shape index (κ3) is 0.986. The third-order valence-corrected chi connectivity index (χ3v) is 1.75. The summed E-state index contributed by atoms with van der Waals surface area (Å²) in [6.07, 6.45) is 0. The normalized spacial score (nSPS) is 10.9. The van der Waals surface area contributed by atoms with Crippen LogP contribution in [0.4, 0.5) is 14.5 Å². The van der Waals surface area contributed by atoms with Crippen LogP contribution in [0.15, 0.2) is 10.9 Å². The second-order valence-electron chi connectivity index (χ2n) is 2.58. The Morgan fingerprint density at radius 3 is 2.46 bits per heavy atom. The topological polar surface area (TPSA) is 74.7 Å². The maximum Gasteiger partial charge on any atom is 0.323 e. The molecule has 0 saturated heterocycles. The molecule has 0 spiro atoms. The zero-order valence-corrected chi connectivity index (χ0v) is 6.32. The van der Waals surface area contributed by atoms with Gasteiger partial charge in [-0.15, -0.1) is 0 Å². The van der Waals surface area contributed by atoms with E-state index in [4.69, 9.17) is 5.73 Å². The highest BCUT2D eigenvalue weighted by Crippen LogP contribution is 2.21. The van der Waals surface area contributed by atoms with E-state index in [-0.39, 0.29) is 16.7 Å². The van der Waals surface area contributed by atoms with Gasteiger partial charge in [0.15, 0.2) is 11.6 Å². The van der Waals surface area contributed by atoms with E-state index in [1.807, 2.05) is 0 Å². The van der Waals surface area contributed by atoms with Gasteiger partial charge in [-0.25, -0.2) is 13.6 Å². The summed E-state index contributed by atoms with van der Waals surface area (Å²) in [5.74, 6) is -1.74. The van der Waals surface area contributed by atoms with Gasteiger partial charge in [-0.2, -0.15) is 0 Å². The first-order valence-electron chi connectivity index (χ1n) is 3.45. The van der Waals surface area contributed by atoms with E-state index in [0.717, 1.165) is 0 Å². The number of aromatic nitrogens is 2. The van der Waals surface area contributed by atoms with Crippen LogP contribution in [0.2, 0.25) is 0 Å². The number of anilines is 1. The van der Waals surface area contributed by atoms with E-state index in [9.17, 15) is 13.6 Å². The number of halogens is 2. The molecule has 0 atom stereocenters. The molecule has 2 rings (SSSR count). The molecule has 0 aliphatic rings. The van der Waals surface area contributed by atoms with Gasteiger partial charge in [0.25, 0.3) is 0 Å². The fraction of sp³-hybridized carbons (Fsp3) is 0. The molecule has 2 aromatic rings. The minimum atomic E-state index is -0.889. The van der Waals surface area contributed by atoms with Crippen LogP contribution in [-0.4, -0.2) is 9.97 Å². The molecule has 1 heterocycles. The first kappa shape index (κ1) is 7.78. The Bertz CT molecular complexity index is 528. The molecule has 1 aromatic heterocycles. The minimum Gasteiger partial charge on any atom is -0.395 e. The second kappa shape index (κ2) is 2.32. The fourth-order valence-electron chi connectivity index (χ4n) is 1.15. The van der Waals surface area contributed by atoms with Crippen molar-refractivity contribution in [3.05, 3.63) is 28.2 Å². The highest BCUT2D eigenvalue weighted by atomic mass is 19.1. The Hall–Kier alpha value is -1.85. The number of nitrogens with one attached hydrogen (secondary N) is 2. The van der Waals surface area contributed by atoms with Gasteiger partial charge in [0.1, 0.15) is 5.52 Å². The van der Waals surface area contributed by atoms with Crippen LogP contribution < -0.4 is 11.4 Å². The quantitative estimate of drug-likeness (QED) is 0.529. The molecule has 0 aliphatic carbocycles. The monoisotopic (exact) mass is 185 g/mol. The highest BCUT2D eigenvalue weighted by Gasteiger charge is 2.11. The molecular weight excluding hydrogens is 180 g/mol. The van der Waals surface area contributed by atoms with Gasteiger partial charge in [0.05, 0.1) is 11.2 Å². The summed E-state index contributed by atoms with van der Waals surface area (Å²) in [5.41, 5.74) is 4.23. The number of rotatable bonds is 0. The lowest BCUT2D eigenvalue weighted by atomic mass is 10.2. The standard InChI is InChI=1S/C7H5F2N3O/c8-2-1-3(9)5-6(4(2)10)12-7(13)11-5/h1H,10H2,(H2,11,12,13). The van der Waals surface area contributed by atoms with Crippen molar-refractivity contribution in [1.29, 1.82) is 0 Å². The van der Waals surface area contributed by atoms with E-state index < -0.39 is 17.3 Å². The van der Waals surface area contributed by atoms with Crippen LogP contribution in [0.5, 0.6) is 0 Å². The molecule has 6 heteroatoms. The van der Waals surface area contributed by atoms with Crippen LogP contribution in [0.25, 0.3) is 11.0 Å². The number of H-pyrrole nitrogens is 2. The molecule has 0 amide bonds. The lowest BCUT2D eigenvalue weighted by Crippen LogP contribution is -1.99. The van der Waals surface area contributed by atoms with Crippen LogP contribution >= 0.6 is 0 Å². The van der Waals surface area contributed by atoms with Crippen molar-refractivity contribution in [1.82, 2.24) is 9.97 Å². The SMILES string of the molecule is Nc1c(F)cc(F)c2[nH]c(=O)[nH]c12. The first-order valence-corrected chi connectivity index (χ1v) is 3.45. The summed E-state index contributed by atoms with van der Waals surface area (Å²) >= 11 is 0. The van der Waals surface area contributed by atoms with Gasteiger partial charge >= 0.3 is 5.69 Å². The van der Waals surface area contributed by atoms with Crippen molar-refractivity contribution in [2.24, 2.45) is 0 Å². The van der Waals surface area contributed by atoms with Crippen molar-refractivity contribution in [3.8, 4) is 0 Å². The van der Waals surface area contributed by atoms with E-state index in [2.05, 4.69) is 9.97 Å². The smallest absolute Gasteiger partial charge is 0.323 e. The van der Waals surface area contributed by atoms with Crippen molar-refractivity contribution < 1.29 is 8.78 Å². The van der Waals surface area contributed by atoms with Crippen LogP contribution in [0, 0.1) is 11.6 Å². The van der Waals surface area contributed by atoms with Crippen LogP contribution in [-0.2, 0) is 0 Å². The minimum absolute atomic E-state index is 0.0394. The van der Waals surface area contributed by atoms with Gasteiger partial charge in [-0.3, -0.25) is 0 Å². The summed E-state index contributed by atoms with van der Waals surface area (Å²) in [5, 5.41) is 0. The summed E-state index contributed by atoms with van der Waals surface area (Å²) in [6, 6.07) is 0.626. The molecule has 0 bridgehead atoms. The molecular formula is C7H5F2N3O. The maximum atomic E-state index is 13.0. The van der Waals surface area contributed by atoms with Gasteiger partial charge in [-0.05, 0) is 0 Å². The van der Waals surface area contributed by atoms with Crippen molar-refractivity contribution in [3.63, 3.8) is 0 Å². The van der Waals surface area contributed by atoms with E-state index in [1.165, 1.54) is 0 Å². The third-order valence-electron chi connectivity index (χ3n) is 1.75. The lowest BCUT2D eigenvalue weighted by molar-refractivity contribution is 0.593. The van der Waals surface area contributed by atoms with Gasteiger partial charge in [0.2, 0.25) is 0 Å². The van der Waals surface area contributed by atoms with E-state index >= 15 is 0 Å². The number of nitrogens with two attached hydrogens (primary N) is 1. The largest absolute Gasteiger partial charge is 0.395 e. The summed E-state index contributed by atoms with van der Waals surface area (Å²) < 4.78 is 25.8. The number of hydrogen-bond donors (Lipinski definition) is 3. The van der Waals surface area contributed by atoms with E-state index in [1.54, 1.807) is 0 Å². The molecule has 0 fully saturated rings. The van der Waals surface area contributed by atoms with Crippen molar-refractivity contribution >= 4 is 16.7 Å². The summed E-state index contributed by atoms with van der Waals surface area (Å²) in [7, 11) is 0. The Balaban J connectivity index is 3.04. The average molecular weight is 185 g/mol. The number of benzene rings is 1. The summed E-state index contributed by atoms with van der Waals surface area (Å²) in [4.78, 5) is 15.1. The van der Waals surface area contributed by atoms with Gasteiger partial charge in [-0.1, -0.05) is 0 Å².